The van der Waals surface area contributed by atoms with Crippen LogP contribution in [0.15, 0.2) is 36.7 Å². The van der Waals surface area contributed by atoms with Crippen molar-refractivity contribution in [3.05, 3.63) is 42.2 Å². The third-order valence-corrected chi connectivity index (χ3v) is 5.66. The summed E-state index contributed by atoms with van der Waals surface area (Å²) in [5.41, 5.74) is 1.98. The molecule has 2 atom stereocenters. The first-order chi connectivity index (χ1) is 11.7. The Morgan fingerprint density at radius 1 is 1.38 bits per heavy atom. The SMILES string of the molecule is O=C(Nc1cnn(CC2CC2)c1)[C@@H]1C[C@@]12CCOc1ccccc12. The minimum atomic E-state index is -0.0249. The molecule has 0 bridgehead atoms. The van der Waals surface area contributed by atoms with E-state index in [1.54, 1.807) is 6.20 Å². The molecule has 0 saturated heterocycles. The largest absolute Gasteiger partial charge is 0.493 e. The van der Waals surface area contributed by atoms with Gasteiger partial charge in [0, 0.05) is 29.6 Å². The lowest BCUT2D eigenvalue weighted by molar-refractivity contribution is -0.117. The number of fused-ring (bicyclic) bond motifs is 2. The lowest BCUT2D eigenvalue weighted by Gasteiger charge is -2.26. The molecular formula is C19H21N3O2. The number of hydrogen-bond acceptors (Lipinski definition) is 3. The van der Waals surface area contributed by atoms with Crippen LogP contribution in [0.5, 0.6) is 5.75 Å². The van der Waals surface area contributed by atoms with Crippen LogP contribution >= 0.6 is 0 Å². The molecule has 1 spiro atoms. The van der Waals surface area contributed by atoms with E-state index < -0.39 is 0 Å². The van der Waals surface area contributed by atoms with Gasteiger partial charge in [-0.2, -0.15) is 5.10 Å². The summed E-state index contributed by atoms with van der Waals surface area (Å²) in [6.07, 6.45) is 8.14. The number of benzene rings is 1. The molecule has 1 aliphatic heterocycles. The Kier molecular flexibility index (Phi) is 2.99. The minimum Gasteiger partial charge on any atom is -0.493 e. The molecule has 0 unspecified atom stereocenters. The Hall–Kier alpha value is -2.30. The average molecular weight is 323 g/mol. The molecule has 5 nitrogen and oxygen atoms in total. The van der Waals surface area contributed by atoms with Gasteiger partial charge in [0.15, 0.2) is 0 Å². The molecule has 1 amide bonds. The van der Waals surface area contributed by atoms with E-state index >= 15 is 0 Å². The molecule has 2 fully saturated rings. The van der Waals surface area contributed by atoms with Gasteiger partial charge in [-0.15, -0.1) is 0 Å². The van der Waals surface area contributed by atoms with E-state index in [0.29, 0.717) is 6.61 Å². The Morgan fingerprint density at radius 3 is 3.12 bits per heavy atom. The van der Waals surface area contributed by atoms with Crippen LogP contribution in [0.2, 0.25) is 0 Å². The molecule has 2 heterocycles. The van der Waals surface area contributed by atoms with Gasteiger partial charge in [0.05, 0.1) is 18.5 Å². The summed E-state index contributed by atoms with van der Waals surface area (Å²) in [5, 5.41) is 7.41. The first-order valence-corrected chi connectivity index (χ1v) is 8.80. The van der Waals surface area contributed by atoms with Crippen molar-refractivity contribution >= 4 is 11.6 Å². The summed E-state index contributed by atoms with van der Waals surface area (Å²) in [4.78, 5) is 12.7. The van der Waals surface area contributed by atoms with Gasteiger partial charge in [0.1, 0.15) is 5.75 Å². The number of amides is 1. The Morgan fingerprint density at radius 2 is 2.25 bits per heavy atom. The van der Waals surface area contributed by atoms with E-state index in [4.69, 9.17) is 4.74 Å². The predicted octanol–water partition coefficient (Wildman–Crippen LogP) is 2.97. The summed E-state index contributed by atoms with van der Waals surface area (Å²) in [7, 11) is 0. The molecule has 1 aromatic heterocycles. The van der Waals surface area contributed by atoms with Crippen LogP contribution in [0.4, 0.5) is 5.69 Å². The number of para-hydroxylation sites is 1. The maximum atomic E-state index is 12.7. The van der Waals surface area contributed by atoms with E-state index in [1.165, 1.54) is 18.4 Å². The minimum absolute atomic E-state index is 0.0249. The normalized spacial score (nSPS) is 27.4. The van der Waals surface area contributed by atoms with Crippen molar-refractivity contribution in [2.24, 2.45) is 11.8 Å². The Balaban J connectivity index is 1.30. The van der Waals surface area contributed by atoms with Crippen molar-refractivity contribution in [2.75, 3.05) is 11.9 Å². The molecule has 2 saturated carbocycles. The highest BCUT2D eigenvalue weighted by atomic mass is 16.5. The van der Waals surface area contributed by atoms with E-state index in [0.717, 1.165) is 36.7 Å². The zero-order valence-electron chi connectivity index (χ0n) is 13.6. The number of rotatable bonds is 4. The number of aromatic nitrogens is 2. The van der Waals surface area contributed by atoms with Crippen LogP contribution < -0.4 is 10.1 Å². The van der Waals surface area contributed by atoms with Crippen molar-refractivity contribution in [1.29, 1.82) is 0 Å². The van der Waals surface area contributed by atoms with Gasteiger partial charge in [-0.3, -0.25) is 9.48 Å². The van der Waals surface area contributed by atoms with E-state index in [9.17, 15) is 4.79 Å². The van der Waals surface area contributed by atoms with E-state index in [-0.39, 0.29) is 17.2 Å². The number of nitrogens with zero attached hydrogens (tertiary/aromatic N) is 2. The maximum absolute atomic E-state index is 12.7. The monoisotopic (exact) mass is 323 g/mol. The molecule has 3 aliphatic rings. The van der Waals surface area contributed by atoms with Crippen molar-refractivity contribution in [3.8, 4) is 5.75 Å². The van der Waals surface area contributed by atoms with E-state index in [1.807, 2.05) is 29.1 Å². The molecule has 124 valence electrons. The molecule has 0 radical (unpaired) electrons. The lowest BCUT2D eigenvalue weighted by Crippen LogP contribution is -2.26. The van der Waals surface area contributed by atoms with Crippen LogP contribution in [-0.2, 0) is 16.8 Å². The summed E-state index contributed by atoms with van der Waals surface area (Å²) >= 11 is 0. The fourth-order valence-electron chi connectivity index (χ4n) is 4.03. The van der Waals surface area contributed by atoms with Crippen molar-refractivity contribution in [2.45, 2.75) is 37.6 Å². The molecule has 24 heavy (non-hydrogen) atoms. The second-order valence-corrected chi connectivity index (χ2v) is 7.39. The maximum Gasteiger partial charge on any atom is 0.228 e. The van der Waals surface area contributed by atoms with Crippen LogP contribution in [0.1, 0.15) is 31.2 Å². The summed E-state index contributed by atoms with van der Waals surface area (Å²) in [6.45, 7) is 1.66. The van der Waals surface area contributed by atoms with Crippen molar-refractivity contribution in [3.63, 3.8) is 0 Å². The quantitative estimate of drug-likeness (QED) is 0.941. The summed E-state index contributed by atoms with van der Waals surface area (Å²) < 4.78 is 7.69. The smallest absolute Gasteiger partial charge is 0.228 e. The number of carbonyl (C=O) groups excluding carboxylic acids is 1. The van der Waals surface area contributed by atoms with Crippen LogP contribution in [-0.4, -0.2) is 22.3 Å². The molecule has 1 N–H and O–H groups in total. The van der Waals surface area contributed by atoms with Crippen molar-refractivity contribution in [1.82, 2.24) is 9.78 Å². The van der Waals surface area contributed by atoms with Gasteiger partial charge < -0.3 is 10.1 Å². The Labute approximate surface area is 141 Å². The van der Waals surface area contributed by atoms with Gasteiger partial charge in [-0.1, -0.05) is 18.2 Å². The van der Waals surface area contributed by atoms with Crippen LogP contribution in [0.3, 0.4) is 0 Å². The fourth-order valence-corrected chi connectivity index (χ4v) is 4.03. The molecule has 2 aromatic rings. The number of anilines is 1. The van der Waals surface area contributed by atoms with Gasteiger partial charge in [0.2, 0.25) is 5.91 Å². The molecular weight excluding hydrogens is 302 g/mol. The highest BCUT2D eigenvalue weighted by molar-refractivity contribution is 5.96. The predicted molar refractivity (Wildman–Crippen MR) is 89.9 cm³/mol. The molecule has 5 heteroatoms. The van der Waals surface area contributed by atoms with Gasteiger partial charge >= 0.3 is 0 Å². The number of hydrogen-bond donors (Lipinski definition) is 1. The molecule has 1 aromatic carbocycles. The van der Waals surface area contributed by atoms with Crippen LogP contribution in [0.25, 0.3) is 0 Å². The fraction of sp³-hybridized carbons (Fsp3) is 0.474. The average Bonchev–Trinajstić information content (AvgIpc) is 3.49. The highest BCUT2D eigenvalue weighted by Gasteiger charge is 2.61. The second kappa shape index (κ2) is 5.10. The Bertz CT molecular complexity index is 795. The topological polar surface area (TPSA) is 56.2 Å². The number of carbonyl (C=O) groups is 1. The zero-order valence-corrected chi connectivity index (χ0v) is 13.6. The van der Waals surface area contributed by atoms with Crippen LogP contribution in [0, 0.1) is 11.8 Å². The van der Waals surface area contributed by atoms with Gasteiger partial charge in [0.25, 0.3) is 0 Å². The summed E-state index contributed by atoms with van der Waals surface area (Å²) in [5.74, 6) is 1.86. The number of ether oxygens (including phenoxy) is 1. The standard InChI is InChI=1S/C19H21N3O2/c23-18(21-14-10-20-22(12-14)11-13-5-6-13)16-9-19(16)7-8-24-17-4-2-1-3-15(17)19/h1-4,10,12-13,16H,5-9,11H2,(H,21,23)/t16-,19+/m0/s1. The first kappa shape index (κ1) is 14.1. The van der Waals surface area contributed by atoms with Gasteiger partial charge in [-0.05, 0) is 37.7 Å². The molecule has 5 rings (SSSR count). The number of nitrogens with one attached hydrogen (secondary N) is 1. The molecule has 2 aliphatic carbocycles. The van der Waals surface area contributed by atoms with E-state index in [2.05, 4.69) is 16.5 Å². The third kappa shape index (κ3) is 2.30. The highest BCUT2D eigenvalue weighted by Crippen LogP contribution is 2.60. The van der Waals surface area contributed by atoms with Gasteiger partial charge in [-0.25, -0.2) is 0 Å². The third-order valence-electron chi connectivity index (χ3n) is 5.66. The van der Waals surface area contributed by atoms with Crippen molar-refractivity contribution < 1.29 is 9.53 Å². The zero-order chi connectivity index (χ0) is 16.1. The second-order valence-electron chi connectivity index (χ2n) is 7.39. The first-order valence-electron chi connectivity index (χ1n) is 8.80. The summed E-state index contributed by atoms with van der Waals surface area (Å²) in [6, 6.07) is 8.13. The lowest BCUT2D eigenvalue weighted by atomic mass is 9.87.